The highest BCUT2D eigenvalue weighted by Crippen LogP contribution is 2.31. The van der Waals surface area contributed by atoms with Gasteiger partial charge in [0.2, 0.25) is 0 Å². The Bertz CT molecular complexity index is 472. The standard InChI is InChI=1S/C10H17N3O2S/c1-2-9-12-10(16(11,14)15)7-13(9)8-5-3-4-6-8/h7-8H,2-6H2,1H3,(H2,11,14,15). The molecule has 0 radical (unpaired) electrons. The normalized spacial score (nSPS) is 18.1. The maximum absolute atomic E-state index is 11.2. The summed E-state index contributed by atoms with van der Waals surface area (Å²) in [6, 6.07) is 0.401. The van der Waals surface area contributed by atoms with E-state index in [9.17, 15) is 8.42 Å². The second kappa shape index (κ2) is 4.18. The molecule has 1 saturated carbocycles. The molecule has 1 heterocycles. The number of sulfonamides is 1. The fourth-order valence-corrected chi connectivity index (χ4v) is 2.80. The van der Waals surface area contributed by atoms with Gasteiger partial charge in [0.25, 0.3) is 10.0 Å². The lowest BCUT2D eigenvalue weighted by molar-refractivity contribution is 0.499. The number of aromatic nitrogens is 2. The number of nitrogens with two attached hydrogens (primary N) is 1. The lowest BCUT2D eigenvalue weighted by Gasteiger charge is -2.13. The first-order chi connectivity index (χ1) is 7.52. The van der Waals surface area contributed by atoms with E-state index >= 15 is 0 Å². The summed E-state index contributed by atoms with van der Waals surface area (Å²) in [5, 5.41) is 5.09. The van der Waals surface area contributed by atoms with Crippen LogP contribution in [0.5, 0.6) is 0 Å². The molecular weight excluding hydrogens is 226 g/mol. The average molecular weight is 243 g/mol. The second-order valence-electron chi connectivity index (χ2n) is 4.24. The molecule has 2 N–H and O–H groups in total. The fraction of sp³-hybridized carbons (Fsp3) is 0.700. The third-order valence-electron chi connectivity index (χ3n) is 3.11. The summed E-state index contributed by atoms with van der Waals surface area (Å²) in [6.07, 6.45) is 6.93. The van der Waals surface area contributed by atoms with Crippen molar-refractivity contribution in [2.45, 2.75) is 50.1 Å². The van der Waals surface area contributed by atoms with E-state index in [4.69, 9.17) is 5.14 Å². The van der Waals surface area contributed by atoms with Gasteiger partial charge >= 0.3 is 0 Å². The number of hydrogen-bond acceptors (Lipinski definition) is 3. The number of primary sulfonamides is 1. The Morgan fingerprint density at radius 1 is 1.50 bits per heavy atom. The highest BCUT2D eigenvalue weighted by atomic mass is 32.2. The molecule has 16 heavy (non-hydrogen) atoms. The van der Waals surface area contributed by atoms with Crippen molar-refractivity contribution in [3.8, 4) is 0 Å². The van der Waals surface area contributed by atoms with E-state index in [1.165, 1.54) is 12.8 Å². The molecule has 0 unspecified atom stereocenters. The molecule has 0 atom stereocenters. The first-order valence-electron chi connectivity index (χ1n) is 5.63. The minimum absolute atomic E-state index is 0.00347. The molecule has 1 aliphatic carbocycles. The summed E-state index contributed by atoms with van der Waals surface area (Å²) in [5.41, 5.74) is 0. The van der Waals surface area contributed by atoms with Gasteiger partial charge in [-0.2, -0.15) is 0 Å². The molecule has 2 rings (SSSR count). The van der Waals surface area contributed by atoms with Crippen LogP contribution < -0.4 is 5.14 Å². The number of aryl methyl sites for hydroxylation is 1. The fourth-order valence-electron chi connectivity index (χ4n) is 2.30. The number of rotatable bonds is 3. The Hall–Kier alpha value is -0.880. The van der Waals surface area contributed by atoms with Crippen molar-refractivity contribution in [2.24, 2.45) is 5.14 Å². The highest BCUT2D eigenvalue weighted by molar-refractivity contribution is 7.89. The van der Waals surface area contributed by atoms with Gasteiger partial charge in [-0.3, -0.25) is 0 Å². The van der Waals surface area contributed by atoms with Gasteiger partial charge in [0.15, 0.2) is 5.03 Å². The molecule has 1 aliphatic rings. The van der Waals surface area contributed by atoms with Crippen LogP contribution in [0.1, 0.15) is 44.5 Å². The van der Waals surface area contributed by atoms with Crippen LogP contribution in [0.3, 0.4) is 0 Å². The van der Waals surface area contributed by atoms with Crippen LogP contribution in [-0.2, 0) is 16.4 Å². The Kier molecular flexibility index (Phi) is 3.03. The van der Waals surface area contributed by atoms with E-state index in [-0.39, 0.29) is 5.03 Å². The van der Waals surface area contributed by atoms with Crippen LogP contribution in [0.2, 0.25) is 0 Å². The quantitative estimate of drug-likeness (QED) is 0.866. The number of nitrogens with zero attached hydrogens (tertiary/aromatic N) is 2. The first-order valence-corrected chi connectivity index (χ1v) is 7.17. The van der Waals surface area contributed by atoms with Crippen molar-refractivity contribution in [1.82, 2.24) is 9.55 Å². The van der Waals surface area contributed by atoms with Crippen molar-refractivity contribution >= 4 is 10.0 Å². The number of imidazole rings is 1. The van der Waals surface area contributed by atoms with Crippen molar-refractivity contribution in [2.75, 3.05) is 0 Å². The zero-order valence-corrected chi connectivity index (χ0v) is 10.2. The molecule has 1 aromatic rings. The van der Waals surface area contributed by atoms with Gasteiger partial charge in [-0.05, 0) is 12.8 Å². The van der Waals surface area contributed by atoms with Gasteiger partial charge in [-0.15, -0.1) is 0 Å². The van der Waals surface area contributed by atoms with Crippen molar-refractivity contribution in [3.63, 3.8) is 0 Å². The molecule has 0 spiro atoms. The van der Waals surface area contributed by atoms with Crippen LogP contribution in [0.15, 0.2) is 11.2 Å². The maximum Gasteiger partial charge on any atom is 0.257 e. The second-order valence-corrected chi connectivity index (χ2v) is 5.75. The molecule has 90 valence electrons. The van der Waals surface area contributed by atoms with Crippen molar-refractivity contribution < 1.29 is 8.42 Å². The summed E-state index contributed by atoms with van der Waals surface area (Å²) in [4.78, 5) is 4.09. The Balaban J connectivity index is 2.40. The topological polar surface area (TPSA) is 78.0 Å². The zero-order chi connectivity index (χ0) is 11.8. The van der Waals surface area contributed by atoms with Gasteiger partial charge in [-0.25, -0.2) is 18.5 Å². The van der Waals surface area contributed by atoms with Crippen LogP contribution in [0, 0.1) is 0 Å². The largest absolute Gasteiger partial charge is 0.330 e. The summed E-state index contributed by atoms with van der Waals surface area (Å²) >= 11 is 0. The highest BCUT2D eigenvalue weighted by Gasteiger charge is 2.22. The molecule has 0 aliphatic heterocycles. The van der Waals surface area contributed by atoms with E-state index in [1.807, 2.05) is 11.5 Å². The lowest BCUT2D eigenvalue weighted by Crippen LogP contribution is -2.12. The van der Waals surface area contributed by atoms with E-state index in [2.05, 4.69) is 4.98 Å². The first kappa shape index (κ1) is 11.6. The average Bonchev–Trinajstić information content (AvgIpc) is 2.85. The number of hydrogen-bond donors (Lipinski definition) is 1. The molecule has 6 heteroatoms. The molecule has 0 bridgehead atoms. The lowest BCUT2D eigenvalue weighted by atomic mass is 10.2. The van der Waals surface area contributed by atoms with Gasteiger partial charge < -0.3 is 4.57 Å². The molecule has 5 nitrogen and oxygen atoms in total. The summed E-state index contributed by atoms with van der Waals surface area (Å²) in [6.45, 7) is 1.97. The molecule has 1 aromatic heterocycles. The van der Waals surface area contributed by atoms with Gasteiger partial charge in [0.1, 0.15) is 5.82 Å². The predicted octanol–water partition coefficient (Wildman–Crippen LogP) is 1.21. The minimum atomic E-state index is -3.68. The minimum Gasteiger partial charge on any atom is -0.330 e. The Morgan fingerprint density at radius 2 is 2.12 bits per heavy atom. The molecular formula is C10H17N3O2S. The smallest absolute Gasteiger partial charge is 0.257 e. The van der Waals surface area contributed by atoms with Crippen molar-refractivity contribution in [1.29, 1.82) is 0 Å². The van der Waals surface area contributed by atoms with Gasteiger partial charge in [0.05, 0.1) is 0 Å². The Labute approximate surface area is 95.7 Å². The summed E-state index contributed by atoms with van der Waals surface area (Å²) in [7, 11) is -3.68. The van der Waals surface area contributed by atoms with Crippen molar-refractivity contribution in [3.05, 3.63) is 12.0 Å². The van der Waals surface area contributed by atoms with E-state index < -0.39 is 10.0 Å². The zero-order valence-electron chi connectivity index (χ0n) is 9.39. The van der Waals surface area contributed by atoms with Gasteiger partial charge in [0, 0.05) is 18.7 Å². The predicted molar refractivity (Wildman–Crippen MR) is 60.5 cm³/mol. The molecule has 0 saturated heterocycles. The third kappa shape index (κ3) is 2.12. The molecule has 1 fully saturated rings. The van der Waals surface area contributed by atoms with Gasteiger partial charge in [-0.1, -0.05) is 19.8 Å². The monoisotopic (exact) mass is 243 g/mol. The third-order valence-corrected chi connectivity index (χ3v) is 3.89. The van der Waals surface area contributed by atoms with E-state index in [1.54, 1.807) is 6.20 Å². The molecule has 0 amide bonds. The van der Waals surface area contributed by atoms with Crippen LogP contribution >= 0.6 is 0 Å². The maximum atomic E-state index is 11.2. The molecule has 0 aromatic carbocycles. The van der Waals surface area contributed by atoms with Crippen LogP contribution in [0.25, 0.3) is 0 Å². The summed E-state index contributed by atoms with van der Waals surface area (Å²) in [5.74, 6) is 0.816. The van der Waals surface area contributed by atoms with E-state index in [0.29, 0.717) is 6.04 Å². The van der Waals surface area contributed by atoms with Crippen LogP contribution in [-0.4, -0.2) is 18.0 Å². The van der Waals surface area contributed by atoms with Crippen LogP contribution in [0.4, 0.5) is 0 Å². The Morgan fingerprint density at radius 3 is 2.62 bits per heavy atom. The SMILES string of the molecule is CCc1nc(S(N)(=O)=O)cn1C1CCCC1. The van der Waals surface area contributed by atoms with E-state index in [0.717, 1.165) is 25.1 Å². The summed E-state index contributed by atoms with van der Waals surface area (Å²) < 4.78 is 24.5.